The summed E-state index contributed by atoms with van der Waals surface area (Å²) >= 11 is 0. The lowest BCUT2D eigenvalue weighted by molar-refractivity contribution is 0.107. The number of rotatable bonds is 2. The molecule has 2 aromatic rings. The topological polar surface area (TPSA) is 38.7 Å². The number of hydrogen-bond donors (Lipinski definition) is 1. The van der Waals surface area contributed by atoms with E-state index in [-0.39, 0.29) is 0 Å². The molecule has 0 radical (unpaired) electrons. The number of aliphatic hydroxyl groups is 1. The van der Waals surface area contributed by atoms with Crippen molar-refractivity contribution in [1.29, 1.82) is 0 Å². The predicted octanol–water partition coefficient (Wildman–Crippen LogP) is 3.97. The summed E-state index contributed by atoms with van der Waals surface area (Å²) in [6.45, 7) is 5.82. The van der Waals surface area contributed by atoms with Crippen molar-refractivity contribution in [3.8, 4) is 22.6 Å². The lowest BCUT2D eigenvalue weighted by Gasteiger charge is -2.20. The molecule has 0 amide bonds. The first-order chi connectivity index (χ1) is 10.1. The highest BCUT2D eigenvalue weighted by Gasteiger charge is 2.37. The van der Waals surface area contributed by atoms with Crippen LogP contribution >= 0.6 is 0 Å². The maximum absolute atomic E-state index is 10.7. The van der Waals surface area contributed by atoms with Crippen LogP contribution in [0.25, 0.3) is 11.1 Å². The lowest BCUT2D eigenvalue weighted by atomic mass is 9.94. The molecule has 0 spiro atoms. The Morgan fingerprint density at radius 3 is 1.52 bits per heavy atom. The van der Waals surface area contributed by atoms with Crippen molar-refractivity contribution in [3.63, 3.8) is 0 Å². The van der Waals surface area contributed by atoms with E-state index >= 15 is 0 Å². The zero-order valence-electron chi connectivity index (χ0n) is 13.2. The van der Waals surface area contributed by atoms with Crippen LogP contribution < -0.4 is 9.47 Å². The van der Waals surface area contributed by atoms with Gasteiger partial charge in [0.2, 0.25) is 0 Å². The molecule has 0 aliphatic heterocycles. The van der Waals surface area contributed by atoms with Crippen LogP contribution in [0.4, 0.5) is 0 Å². The summed E-state index contributed by atoms with van der Waals surface area (Å²) in [7, 11) is 3.28. The molecule has 2 aromatic carbocycles. The fraction of sp³-hybridized carbons (Fsp3) is 0.333. The molecule has 112 valence electrons. The summed E-state index contributed by atoms with van der Waals surface area (Å²) in [5.41, 5.74) is 2.83. The van der Waals surface area contributed by atoms with Crippen LogP contribution in [-0.2, 0) is 5.60 Å². The average Bonchev–Trinajstić information content (AvgIpc) is 2.76. The van der Waals surface area contributed by atoms with Gasteiger partial charge >= 0.3 is 0 Å². The molecule has 0 aromatic heterocycles. The molecule has 0 saturated heterocycles. The second kappa shape index (κ2) is 5.78. The van der Waals surface area contributed by atoms with Crippen LogP contribution in [0.5, 0.6) is 11.5 Å². The van der Waals surface area contributed by atoms with E-state index in [1.165, 1.54) is 0 Å². The van der Waals surface area contributed by atoms with Crippen molar-refractivity contribution in [1.82, 2.24) is 0 Å². The maximum atomic E-state index is 10.7. The zero-order chi connectivity index (χ0) is 15.6. The number of ether oxygens (including phenoxy) is 2. The predicted molar refractivity (Wildman–Crippen MR) is 85.0 cm³/mol. The van der Waals surface area contributed by atoms with Crippen LogP contribution in [0.15, 0.2) is 36.4 Å². The molecule has 3 nitrogen and oxygen atoms in total. The SMILES string of the molecule is CC.COc1ccc2c(c1)-c1cc(OC)ccc1C2(C)O. The molecule has 1 aliphatic rings. The Morgan fingerprint density at radius 1 is 0.810 bits per heavy atom. The second-order valence-electron chi connectivity index (χ2n) is 4.90. The minimum Gasteiger partial charge on any atom is -0.497 e. The van der Waals surface area contributed by atoms with E-state index in [1.807, 2.05) is 57.2 Å². The van der Waals surface area contributed by atoms with Crippen molar-refractivity contribution in [3.05, 3.63) is 47.5 Å². The van der Waals surface area contributed by atoms with Gasteiger partial charge in [0.25, 0.3) is 0 Å². The smallest absolute Gasteiger partial charge is 0.119 e. The van der Waals surface area contributed by atoms with E-state index in [0.29, 0.717) is 0 Å². The Kier molecular flexibility index (Phi) is 4.24. The average molecular weight is 286 g/mol. The number of methoxy groups -OCH3 is 2. The number of fused-ring (bicyclic) bond motifs is 3. The Balaban J connectivity index is 0.000000774. The molecule has 21 heavy (non-hydrogen) atoms. The Hall–Kier alpha value is -2.00. The highest BCUT2D eigenvalue weighted by atomic mass is 16.5. The van der Waals surface area contributed by atoms with Gasteiger partial charge in [0.05, 0.1) is 14.2 Å². The minimum absolute atomic E-state index is 0.783. The van der Waals surface area contributed by atoms with Gasteiger partial charge in [-0.05, 0) is 53.4 Å². The summed E-state index contributed by atoms with van der Waals surface area (Å²) in [5.74, 6) is 1.57. The Bertz CT molecular complexity index is 589. The monoisotopic (exact) mass is 286 g/mol. The van der Waals surface area contributed by atoms with Crippen molar-refractivity contribution in [2.24, 2.45) is 0 Å². The molecule has 1 aliphatic carbocycles. The van der Waals surface area contributed by atoms with Gasteiger partial charge in [0.15, 0.2) is 0 Å². The van der Waals surface area contributed by atoms with E-state index < -0.39 is 5.60 Å². The molecule has 1 N–H and O–H groups in total. The molecule has 0 unspecified atom stereocenters. The van der Waals surface area contributed by atoms with E-state index in [2.05, 4.69) is 0 Å². The molecule has 0 bridgehead atoms. The third kappa shape index (κ3) is 2.38. The van der Waals surface area contributed by atoms with Crippen molar-refractivity contribution >= 4 is 0 Å². The third-order valence-corrected chi connectivity index (χ3v) is 3.79. The van der Waals surface area contributed by atoms with E-state index in [0.717, 1.165) is 33.8 Å². The summed E-state index contributed by atoms with van der Waals surface area (Å²) < 4.78 is 10.5. The summed E-state index contributed by atoms with van der Waals surface area (Å²) in [5, 5.41) is 10.7. The first kappa shape index (κ1) is 15.4. The summed E-state index contributed by atoms with van der Waals surface area (Å²) in [6, 6.07) is 11.5. The van der Waals surface area contributed by atoms with Crippen LogP contribution in [0, 0.1) is 0 Å². The summed E-state index contributed by atoms with van der Waals surface area (Å²) in [4.78, 5) is 0. The third-order valence-electron chi connectivity index (χ3n) is 3.79. The Labute approximate surface area is 126 Å². The van der Waals surface area contributed by atoms with Gasteiger partial charge in [-0.15, -0.1) is 0 Å². The molecular weight excluding hydrogens is 264 g/mol. The lowest BCUT2D eigenvalue weighted by Crippen LogP contribution is -2.19. The molecular formula is C18H22O3. The van der Waals surface area contributed by atoms with Gasteiger partial charge in [-0.1, -0.05) is 26.0 Å². The van der Waals surface area contributed by atoms with Gasteiger partial charge in [-0.2, -0.15) is 0 Å². The quantitative estimate of drug-likeness (QED) is 0.908. The van der Waals surface area contributed by atoms with E-state index in [9.17, 15) is 5.11 Å². The van der Waals surface area contributed by atoms with Crippen molar-refractivity contribution in [2.75, 3.05) is 14.2 Å². The van der Waals surface area contributed by atoms with Gasteiger partial charge in [-0.25, -0.2) is 0 Å². The second-order valence-corrected chi connectivity index (χ2v) is 4.90. The van der Waals surface area contributed by atoms with Crippen LogP contribution in [0.3, 0.4) is 0 Å². The minimum atomic E-state index is -0.969. The van der Waals surface area contributed by atoms with Gasteiger partial charge in [-0.3, -0.25) is 0 Å². The van der Waals surface area contributed by atoms with Crippen LogP contribution in [-0.4, -0.2) is 19.3 Å². The van der Waals surface area contributed by atoms with E-state index in [4.69, 9.17) is 9.47 Å². The molecule has 0 heterocycles. The Morgan fingerprint density at radius 2 is 1.19 bits per heavy atom. The van der Waals surface area contributed by atoms with Crippen LogP contribution in [0.2, 0.25) is 0 Å². The molecule has 0 atom stereocenters. The molecule has 0 saturated carbocycles. The molecule has 0 fully saturated rings. The zero-order valence-corrected chi connectivity index (χ0v) is 13.2. The molecule has 3 heteroatoms. The number of benzene rings is 2. The van der Waals surface area contributed by atoms with E-state index in [1.54, 1.807) is 14.2 Å². The maximum Gasteiger partial charge on any atom is 0.119 e. The highest BCUT2D eigenvalue weighted by Crippen LogP contribution is 2.49. The number of hydrogen-bond acceptors (Lipinski definition) is 3. The van der Waals surface area contributed by atoms with Gasteiger partial charge in [0.1, 0.15) is 17.1 Å². The van der Waals surface area contributed by atoms with Crippen LogP contribution in [0.1, 0.15) is 31.9 Å². The van der Waals surface area contributed by atoms with Crippen molar-refractivity contribution in [2.45, 2.75) is 26.4 Å². The summed E-state index contributed by atoms with van der Waals surface area (Å²) in [6.07, 6.45) is 0. The first-order valence-corrected chi connectivity index (χ1v) is 7.17. The fourth-order valence-electron chi connectivity index (χ4n) is 2.74. The van der Waals surface area contributed by atoms with Gasteiger partial charge in [0, 0.05) is 0 Å². The van der Waals surface area contributed by atoms with Crippen molar-refractivity contribution < 1.29 is 14.6 Å². The highest BCUT2D eigenvalue weighted by molar-refractivity contribution is 5.81. The standard InChI is InChI=1S/C16H16O3.C2H6/c1-16(17)14-6-4-10(18-2)8-12(14)13-9-11(19-3)5-7-15(13)16;1-2/h4-9,17H,1-3H3;1-2H3. The molecule has 3 rings (SSSR count). The first-order valence-electron chi connectivity index (χ1n) is 7.17. The van der Waals surface area contributed by atoms with Gasteiger partial charge < -0.3 is 14.6 Å². The fourth-order valence-corrected chi connectivity index (χ4v) is 2.74. The largest absolute Gasteiger partial charge is 0.497 e. The normalized spacial score (nSPS) is 13.6.